The summed E-state index contributed by atoms with van der Waals surface area (Å²) in [5, 5.41) is 8.41. The number of hydrogen-bond acceptors (Lipinski definition) is 3. The molecule has 112 valence electrons. The Hall–Kier alpha value is -1.37. The SMILES string of the molecule is CC(Cc1ccc(Br)cc1)Nc1ccc(S(N)(=O)=O)cc1. The van der Waals surface area contributed by atoms with Crippen molar-refractivity contribution in [1.82, 2.24) is 0 Å². The summed E-state index contributed by atoms with van der Waals surface area (Å²) in [4.78, 5) is 0.119. The van der Waals surface area contributed by atoms with E-state index in [2.05, 4.69) is 40.3 Å². The molecule has 0 saturated heterocycles. The maximum atomic E-state index is 11.2. The zero-order valence-corrected chi connectivity index (χ0v) is 14.0. The van der Waals surface area contributed by atoms with Crippen molar-refractivity contribution in [3.05, 3.63) is 58.6 Å². The molecule has 0 heterocycles. The van der Waals surface area contributed by atoms with E-state index >= 15 is 0 Å². The molecule has 0 spiro atoms. The quantitative estimate of drug-likeness (QED) is 0.851. The van der Waals surface area contributed by atoms with Gasteiger partial charge in [-0.2, -0.15) is 0 Å². The lowest BCUT2D eigenvalue weighted by molar-refractivity contribution is 0.598. The van der Waals surface area contributed by atoms with Crippen molar-refractivity contribution in [2.45, 2.75) is 24.3 Å². The molecule has 0 aliphatic heterocycles. The number of anilines is 1. The summed E-state index contributed by atoms with van der Waals surface area (Å²) in [6.07, 6.45) is 0.879. The minimum Gasteiger partial charge on any atom is -0.382 e. The lowest BCUT2D eigenvalue weighted by Crippen LogP contribution is -2.18. The van der Waals surface area contributed by atoms with Gasteiger partial charge in [-0.05, 0) is 55.3 Å². The minimum atomic E-state index is -3.63. The molecule has 0 radical (unpaired) electrons. The van der Waals surface area contributed by atoms with Gasteiger partial charge in [-0.1, -0.05) is 28.1 Å². The van der Waals surface area contributed by atoms with Crippen LogP contribution in [-0.4, -0.2) is 14.5 Å². The molecule has 3 N–H and O–H groups in total. The molecular weight excluding hydrogens is 352 g/mol. The fourth-order valence-corrected chi connectivity index (χ4v) is 2.83. The molecule has 0 aliphatic rings. The van der Waals surface area contributed by atoms with Gasteiger partial charge in [0.2, 0.25) is 10.0 Å². The van der Waals surface area contributed by atoms with Gasteiger partial charge in [-0.15, -0.1) is 0 Å². The van der Waals surface area contributed by atoms with Crippen LogP contribution in [0, 0.1) is 0 Å². The van der Waals surface area contributed by atoms with Gasteiger partial charge in [0.15, 0.2) is 0 Å². The van der Waals surface area contributed by atoms with Crippen LogP contribution in [0.1, 0.15) is 12.5 Å². The molecule has 0 saturated carbocycles. The number of hydrogen-bond donors (Lipinski definition) is 2. The van der Waals surface area contributed by atoms with Gasteiger partial charge in [-0.3, -0.25) is 0 Å². The van der Waals surface area contributed by atoms with Crippen LogP contribution < -0.4 is 10.5 Å². The Morgan fingerprint density at radius 2 is 1.67 bits per heavy atom. The summed E-state index contributed by atoms with van der Waals surface area (Å²) >= 11 is 3.41. The standard InChI is InChI=1S/C15H17BrN2O2S/c1-11(10-12-2-4-13(16)5-3-12)18-14-6-8-15(9-7-14)21(17,19)20/h2-9,11,18H,10H2,1H3,(H2,17,19,20). The van der Waals surface area contributed by atoms with E-state index in [-0.39, 0.29) is 10.9 Å². The summed E-state index contributed by atoms with van der Waals surface area (Å²) < 4.78 is 23.4. The van der Waals surface area contributed by atoms with Crippen molar-refractivity contribution < 1.29 is 8.42 Å². The molecule has 2 aromatic rings. The van der Waals surface area contributed by atoms with E-state index < -0.39 is 10.0 Å². The van der Waals surface area contributed by atoms with E-state index in [9.17, 15) is 8.42 Å². The van der Waals surface area contributed by atoms with Crippen molar-refractivity contribution in [3.63, 3.8) is 0 Å². The lowest BCUT2D eigenvalue weighted by atomic mass is 10.1. The molecule has 4 nitrogen and oxygen atoms in total. The second-order valence-corrected chi connectivity index (χ2v) is 7.42. The predicted molar refractivity (Wildman–Crippen MR) is 88.7 cm³/mol. The zero-order valence-electron chi connectivity index (χ0n) is 11.6. The van der Waals surface area contributed by atoms with Gasteiger partial charge >= 0.3 is 0 Å². The van der Waals surface area contributed by atoms with Crippen LogP contribution >= 0.6 is 15.9 Å². The van der Waals surface area contributed by atoms with E-state index in [0.29, 0.717) is 0 Å². The lowest BCUT2D eigenvalue weighted by Gasteiger charge is -2.15. The van der Waals surface area contributed by atoms with Crippen molar-refractivity contribution in [2.75, 3.05) is 5.32 Å². The van der Waals surface area contributed by atoms with Gasteiger partial charge < -0.3 is 5.32 Å². The van der Waals surface area contributed by atoms with Crippen LogP contribution in [0.25, 0.3) is 0 Å². The molecule has 2 aromatic carbocycles. The molecule has 0 fully saturated rings. The highest BCUT2D eigenvalue weighted by Gasteiger charge is 2.08. The van der Waals surface area contributed by atoms with E-state index in [1.165, 1.54) is 17.7 Å². The Kier molecular flexibility index (Phi) is 5.03. The normalized spacial score (nSPS) is 12.9. The number of primary sulfonamides is 1. The monoisotopic (exact) mass is 368 g/mol. The number of sulfonamides is 1. The fourth-order valence-electron chi connectivity index (χ4n) is 2.05. The first-order valence-electron chi connectivity index (χ1n) is 6.48. The Morgan fingerprint density at radius 3 is 2.19 bits per heavy atom. The first-order valence-corrected chi connectivity index (χ1v) is 8.82. The van der Waals surface area contributed by atoms with Gasteiger partial charge in [0, 0.05) is 16.2 Å². The minimum absolute atomic E-state index is 0.119. The summed E-state index contributed by atoms with van der Waals surface area (Å²) in [7, 11) is -3.63. The molecule has 1 unspecified atom stereocenters. The topological polar surface area (TPSA) is 72.2 Å². The van der Waals surface area contributed by atoms with Crippen LogP contribution in [0.2, 0.25) is 0 Å². The molecule has 0 amide bonds. The van der Waals surface area contributed by atoms with E-state index in [1.807, 2.05) is 12.1 Å². The Bertz CT molecular complexity index is 697. The molecule has 0 aromatic heterocycles. The largest absolute Gasteiger partial charge is 0.382 e. The van der Waals surface area contributed by atoms with Crippen LogP contribution in [0.4, 0.5) is 5.69 Å². The predicted octanol–water partition coefficient (Wildman–Crippen LogP) is 3.14. The maximum Gasteiger partial charge on any atom is 0.238 e. The summed E-state index contributed by atoms with van der Waals surface area (Å²) in [5.74, 6) is 0. The van der Waals surface area contributed by atoms with E-state index in [4.69, 9.17) is 5.14 Å². The molecule has 6 heteroatoms. The highest BCUT2D eigenvalue weighted by atomic mass is 79.9. The van der Waals surface area contributed by atoms with Gasteiger partial charge in [0.05, 0.1) is 4.90 Å². The molecular formula is C15H17BrN2O2S. The average Bonchev–Trinajstić information content (AvgIpc) is 2.41. The fraction of sp³-hybridized carbons (Fsp3) is 0.200. The van der Waals surface area contributed by atoms with E-state index in [1.54, 1.807) is 12.1 Å². The Balaban J connectivity index is 1.99. The van der Waals surface area contributed by atoms with Crippen LogP contribution in [-0.2, 0) is 16.4 Å². The number of halogens is 1. The summed E-state index contributed by atoms with van der Waals surface area (Å²) in [6.45, 7) is 2.08. The third-order valence-electron chi connectivity index (χ3n) is 3.05. The van der Waals surface area contributed by atoms with Crippen molar-refractivity contribution in [3.8, 4) is 0 Å². The maximum absolute atomic E-state index is 11.2. The van der Waals surface area contributed by atoms with Crippen LogP contribution in [0.5, 0.6) is 0 Å². The molecule has 2 rings (SSSR count). The third kappa shape index (κ3) is 4.84. The Labute approximate surface area is 133 Å². The van der Waals surface area contributed by atoms with Crippen LogP contribution in [0.15, 0.2) is 57.9 Å². The second-order valence-electron chi connectivity index (χ2n) is 4.95. The zero-order chi connectivity index (χ0) is 15.5. The Morgan fingerprint density at radius 1 is 1.10 bits per heavy atom. The van der Waals surface area contributed by atoms with Crippen molar-refractivity contribution in [1.29, 1.82) is 0 Å². The average molecular weight is 369 g/mol. The second kappa shape index (κ2) is 6.60. The smallest absolute Gasteiger partial charge is 0.238 e. The summed E-state index contributed by atoms with van der Waals surface area (Å²) in [5.41, 5.74) is 2.10. The van der Waals surface area contributed by atoms with Crippen LogP contribution in [0.3, 0.4) is 0 Å². The molecule has 0 bridgehead atoms. The van der Waals surface area contributed by atoms with Gasteiger partial charge in [-0.25, -0.2) is 13.6 Å². The highest BCUT2D eigenvalue weighted by molar-refractivity contribution is 9.10. The molecule has 0 aliphatic carbocycles. The van der Waals surface area contributed by atoms with Gasteiger partial charge in [0.1, 0.15) is 0 Å². The first kappa shape index (κ1) is 16.0. The van der Waals surface area contributed by atoms with Crippen molar-refractivity contribution >= 4 is 31.6 Å². The number of nitrogens with one attached hydrogen (secondary N) is 1. The molecule has 21 heavy (non-hydrogen) atoms. The van der Waals surface area contributed by atoms with E-state index in [0.717, 1.165) is 16.6 Å². The van der Waals surface area contributed by atoms with Crippen molar-refractivity contribution in [2.24, 2.45) is 5.14 Å². The highest BCUT2D eigenvalue weighted by Crippen LogP contribution is 2.16. The number of benzene rings is 2. The third-order valence-corrected chi connectivity index (χ3v) is 4.51. The number of rotatable bonds is 5. The first-order chi connectivity index (χ1) is 9.84. The summed E-state index contributed by atoms with van der Waals surface area (Å²) in [6, 6.07) is 14.9. The number of nitrogens with two attached hydrogens (primary N) is 1. The van der Waals surface area contributed by atoms with Gasteiger partial charge in [0.25, 0.3) is 0 Å². The molecule has 1 atom stereocenters.